The summed E-state index contributed by atoms with van der Waals surface area (Å²) in [6.07, 6.45) is 0. The normalized spacial score (nSPS) is 11.7. The molecule has 0 spiro atoms. The fourth-order valence-corrected chi connectivity index (χ4v) is 3.67. The Morgan fingerprint density at radius 3 is 2.35 bits per heavy atom. The summed E-state index contributed by atoms with van der Waals surface area (Å²) in [5.41, 5.74) is -4.11. The minimum atomic E-state index is -5.96. The van der Waals surface area contributed by atoms with Gasteiger partial charge in [0.2, 0.25) is 0 Å². The van der Waals surface area contributed by atoms with Crippen molar-refractivity contribution in [3.05, 3.63) is 90.1 Å². The first-order chi connectivity index (χ1) is 16.2. The number of hydrogen-bond acceptors (Lipinski definition) is 6. The molecule has 0 amide bonds. The molecule has 3 aromatic carbocycles. The summed E-state index contributed by atoms with van der Waals surface area (Å²) in [5.74, 6) is -0.239. The predicted molar refractivity (Wildman–Crippen MR) is 118 cm³/mol. The molecule has 0 aliphatic carbocycles. The number of benzene rings is 3. The van der Waals surface area contributed by atoms with Gasteiger partial charge in [0.25, 0.3) is 0 Å². The molecule has 34 heavy (non-hydrogen) atoms. The first-order valence-electron chi connectivity index (χ1n) is 9.80. The molecular weight excluding hydrogens is 469 g/mol. The van der Waals surface area contributed by atoms with Crippen LogP contribution in [0.25, 0.3) is 22.0 Å². The van der Waals surface area contributed by atoms with Gasteiger partial charge >= 0.3 is 15.6 Å². The Morgan fingerprint density at radius 2 is 1.65 bits per heavy atom. The van der Waals surface area contributed by atoms with Crippen molar-refractivity contribution in [3.63, 3.8) is 0 Å². The van der Waals surface area contributed by atoms with Crippen LogP contribution in [0.4, 0.5) is 13.2 Å². The Balaban J connectivity index is 1.57. The quantitative estimate of drug-likeness (QED) is 0.262. The fraction of sp³-hybridized carbons (Fsp3) is 0.0833. The molecule has 0 atom stereocenters. The van der Waals surface area contributed by atoms with Crippen LogP contribution in [-0.4, -0.2) is 18.9 Å². The minimum Gasteiger partial charge on any atom is -0.487 e. The van der Waals surface area contributed by atoms with Crippen LogP contribution in [-0.2, 0) is 16.7 Å². The second-order valence-electron chi connectivity index (χ2n) is 7.09. The van der Waals surface area contributed by atoms with E-state index < -0.39 is 21.4 Å². The summed E-state index contributed by atoms with van der Waals surface area (Å²) in [7, 11) is -5.96. The Kier molecular flexibility index (Phi) is 6.13. The van der Waals surface area contributed by atoms with Gasteiger partial charge in [-0.2, -0.15) is 26.9 Å². The van der Waals surface area contributed by atoms with Crippen molar-refractivity contribution in [3.8, 4) is 28.7 Å². The van der Waals surface area contributed by atoms with Gasteiger partial charge in [-0.3, -0.25) is 0 Å². The molecule has 0 aliphatic rings. The molecule has 0 radical (unpaired) electrons. The maximum atomic E-state index is 12.8. The van der Waals surface area contributed by atoms with Gasteiger partial charge in [-0.15, -0.1) is 0 Å². The number of fused-ring (bicyclic) bond motifs is 1. The summed E-state index contributed by atoms with van der Waals surface area (Å²) in [6, 6.07) is 23.2. The van der Waals surface area contributed by atoms with Crippen molar-refractivity contribution >= 4 is 21.0 Å². The first kappa shape index (κ1) is 23.1. The van der Waals surface area contributed by atoms with Gasteiger partial charge in [-0.05, 0) is 35.9 Å². The summed E-state index contributed by atoms with van der Waals surface area (Å²) in [4.78, 5) is 4.52. The number of halogens is 3. The standard InChI is InChI=1S/C24H15F3N2O4S/c25-24(26,27)34(30,31)33-23-18(14-28)5-3-6-21(23)16-9-12-20(13-10-16)32-15-19-11-8-17-4-1-2-7-22(17)29-19/h1-13H,15H2. The van der Waals surface area contributed by atoms with E-state index in [9.17, 15) is 26.9 Å². The van der Waals surface area contributed by atoms with Gasteiger partial charge in [0.05, 0.1) is 16.8 Å². The SMILES string of the molecule is N#Cc1cccc(-c2ccc(OCc3ccc4ccccc4n3)cc2)c1OS(=O)(=O)C(F)(F)F. The number of alkyl halides is 3. The summed E-state index contributed by atoms with van der Waals surface area (Å²) in [6.45, 7) is 0.187. The van der Waals surface area contributed by atoms with Crippen molar-refractivity contribution in [2.45, 2.75) is 12.1 Å². The average molecular weight is 484 g/mol. The predicted octanol–water partition coefficient (Wildman–Crippen LogP) is 5.58. The number of ether oxygens (including phenoxy) is 1. The monoisotopic (exact) mass is 484 g/mol. The minimum absolute atomic E-state index is 0.00891. The van der Waals surface area contributed by atoms with E-state index in [1.807, 2.05) is 36.4 Å². The van der Waals surface area contributed by atoms with Gasteiger partial charge in [0.1, 0.15) is 18.4 Å². The van der Waals surface area contributed by atoms with Crippen LogP contribution in [0.1, 0.15) is 11.3 Å². The number of nitriles is 1. The number of nitrogens with zero attached hydrogens (tertiary/aromatic N) is 2. The zero-order chi connectivity index (χ0) is 24.3. The van der Waals surface area contributed by atoms with E-state index in [0.717, 1.165) is 10.9 Å². The molecular formula is C24H15F3N2O4S. The van der Waals surface area contributed by atoms with Gasteiger partial charge in [0.15, 0.2) is 5.75 Å². The molecule has 0 N–H and O–H groups in total. The van der Waals surface area contributed by atoms with Crippen LogP contribution in [0.2, 0.25) is 0 Å². The highest BCUT2D eigenvalue weighted by molar-refractivity contribution is 7.88. The maximum absolute atomic E-state index is 12.8. The molecule has 0 aliphatic heterocycles. The zero-order valence-corrected chi connectivity index (χ0v) is 18.1. The fourth-order valence-electron chi connectivity index (χ4n) is 3.18. The van der Waals surface area contributed by atoms with Crippen LogP contribution in [0.15, 0.2) is 78.9 Å². The lowest BCUT2D eigenvalue weighted by atomic mass is 10.0. The molecule has 0 bridgehead atoms. The Bertz CT molecular complexity index is 1500. The van der Waals surface area contributed by atoms with Crippen LogP contribution >= 0.6 is 0 Å². The average Bonchev–Trinajstić information content (AvgIpc) is 2.82. The van der Waals surface area contributed by atoms with Crippen LogP contribution < -0.4 is 8.92 Å². The molecule has 0 unspecified atom stereocenters. The third kappa shape index (κ3) is 4.79. The molecule has 0 saturated carbocycles. The van der Waals surface area contributed by atoms with Crippen molar-refractivity contribution in [2.24, 2.45) is 0 Å². The Morgan fingerprint density at radius 1 is 0.912 bits per heavy atom. The molecule has 6 nitrogen and oxygen atoms in total. The van der Waals surface area contributed by atoms with Crippen LogP contribution in [0.5, 0.6) is 11.5 Å². The Labute approximate surface area is 192 Å². The highest BCUT2D eigenvalue weighted by Crippen LogP contribution is 2.37. The van der Waals surface area contributed by atoms with E-state index in [4.69, 9.17) is 4.74 Å². The van der Waals surface area contributed by atoms with Crippen molar-refractivity contribution in [1.29, 1.82) is 5.26 Å². The lowest BCUT2D eigenvalue weighted by molar-refractivity contribution is -0.0499. The largest absolute Gasteiger partial charge is 0.534 e. The number of hydrogen-bond donors (Lipinski definition) is 0. The molecule has 172 valence electrons. The number of pyridine rings is 1. The van der Waals surface area contributed by atoms with E-state index >= 15 is 0 Å². The molecule has 4 rings (SSSR count). The van der Waals surface area contributed by atoms with Crippen molar-refractivity contribution < 1.29 is 30.5 Å². The maximum Gasteiger partial charge on any atom is 0.534 e. The summed E-state index contributed by atoms with van der Waals surface area (Å²) >= 11 is 0. The number of para-hydroxylation sites is 2. The van der Waals surface area contributed by atoms with E-state index in [1.165, 1.54) is 30.3 Å². The topological polar surface area (TPSA) is 89.3 Å². The first-order valence-corrected chi connectivity index (χ1v) is 11.2. The summed E-state index contributed by atoms with van der Waals surface area (Å²) in [5, 5.41) is 10.2. The van der Waals surface area contributed by atoms with E-state index in [0.29, 0.717) is 17.0 Å². The molecule has 0 saturated heterocycles. The van der Waals surface area contributed by atoms with E-state index in [-0.39, 0.29) is 17.7 Å². The molecule has 0 fully saturated rings. The van der Waals surface area contributed by atoms with Crippen LogP contribution in [0.3, 0.4) is 0 Å². The lowest BCUT2D eigenvalue weighted by Gasteiger charge is -2.14. The molecule has 1 aromatic heterocycles. The van der Waals surface area contributed by atoms with Crippen molar-refractivity contribution in [2.75, 3.05) is 0 Å². The highest BCUT2D eigenvalue weighted by Gasteiger charge is 2.49. The highest BCUT2D eigenvalue weighted by atomic mass is 32.2. The second-order valence-corrected chi connectivity index (χ2v) is 8.62. The number of rotatable bonds is 6. The zero-order valence-electron chi connectivity index (χ0n) is 17.3. The molecule has 10 heteroatoms. The van der Waals surface area contributed by atoms with Gasteiger partial charge in [-0.1, -0.05) is 48.5 Å². The second kappa shape index (κ2) is 9.03. The van der Waals surface area contributed by atoms with E-state index in [2.05, 4.69) is 9.17 Å². The molecule has 4 aromatic rings. The van der Waals surface area contributed by atoms with Crippen molar-refractivity contribution in [1.82, 2.24) is 4.98 Å². The molecule has 1 heterocycles. The lowest BCUT2D eigenvalue weighted by Crippen LogP contribution is -2.28. The summed E-state index contributed by atoms with van der Waals surface area (Å²) < 4.78 is 71.7. The third-order valence-electron chi connectivity index (χ3n) is 4.82. The van der Waals surface area contributed by atoms with E-state index in [1.54, 1.807) is 18.2 Å². The number of aromatic nitrogens is 1. The van der Waals surface area contributed by atoms with Gasteiger partial charge in [0, 0.05) is 10.9 Å². The third-order valence-corrected chi connectivity index (χ3v) is 5.77. The van der Waals surface area contributed by atoms with Crippen LogP contribution in [0, 0.1) is 11.3 Å². The smallest absolute Gasteiger partial charge is 0.487 e. The Hall–Kier alpha value is -4.10. The van der Waals surface area contributed by atoms with Gasteiger partial charge in [-0.25, -0.2) is 4.98 Å². The van der Waals surface area contributed by atoms with Gasteiger partial charge < -0.3 is 8.92 Å².